The predicted octanol–water partition coefficient (Wildman–Crippen LogP) is 1.18. The van der Waals surface area contributed by atoms with Gasteiger partial charge in [0.1, 0.15) is 0 Å². The summed E-state index contributed by atoms with van der Waals surface area (Å²) in [6, 6.07) is 4.20. The summed E-state index contributed by atoms with van der Waals surface area (Å²) in [6.07, 6.45) is 5.18. The van der Waals surface area contributed by atoms with Gasteiger partial charge in [-0.2, -0.15) is 0 Å². The number of amides is 1. The van der Waals surface area contributed by atoms with Crippen molar-refractivity contribution in [2.75, 3.05) is 13.1 Å². The second-order valence-corrected chi connectivity index (χ2v) is 4.59. The SMILES string of the molecule is CC1CC(=O)N(Cc2cccnc2)CCCN1. The van der Waals surface area contributed by atoms with E-state index >= 15 is 0 Å². The molecule has 17 heavy (non-hydrogen) atoms. The molecular weight excluding hydrogens is 214 g/mol. The van der Waals surface area contributed by atoms with Crippen LogP contribution in [0.5, 0.6) is 0 Å². The molecule has 1 fully saturated rings. The van der Waals surface area contributed by atoms with Crippen LogP contribution in [0.25, 0.3) is 0 Å². The largest absolute Gasteiger partial charge is 0.338 e. The van der Waals surface area contributed by atoms with Gasteiger partial charge in [0.15, 0.2) is 0 Å². The second-order valence-electron chi connectivity index (χ2n) is 4.59. The number of aromatic nitrogens is 1. The summed E-state index contributed by atoms with van der Waals surface area (Å²) in [7, 11) is 0. The number of nitrogens with one attached hydrogen (secondary N) is 1. The highest BCUT2D eigenvalue weighted by atomic mass is 16.2. The normalized spacial score (nSPS) is 22.1. The molecule has 0 spiro atoms. The topological polar surface area (TPSA) is 45.2 Å². The van der Waals surface area contributed by atoms with Gasteiger partial charge in [-0.25, -0.2) is 0 Å². The zero-order chi connectivity index (χ0) is 12.1. The third kappa shape index (κ3) is 3.53. The quantitative estimate of drug-likeness (QED) is 0.834. The predicted molar refractivity (Wildman–Crippen MR) is 66.4 cm³/mol. The monoisotopic (exact) mass is 233 g/mol. The van der Waals surface area contributed by atoms with Crippen molar-refractivity contribution in [3.05, 3.63) is 30.1 Å². The van der Waals surface area contributed by atoms with Gasteiger partial charge in [-0.15, -0.1) is 0 Å². The summed E-state index contributed by atoms with van der Waals surface area (Å²) in [6.45, 7) is 4.55. The Kier molecular flexibility index (Phi) is 4.09. The van der Waals surface area contributed by atoms with Crippen molar-refractivity contribution < 1.29 is 4.79 Å². The summed E-state index contributed by atoms with van der Waals surface area (Å²) in [5, 5.41) is 3.34. The fourth-order valence-electron chi connectivity index (χ4n) is 2.09. The van der Waals surface area contributed by atoms with E-state index in [0.29, 0.717) is 13.0 Å². The van der Waals surface area contributed by atoms with Crippen molar-refractivity contribution in [1.82, 2.24) is 15.2 Å². The number of hydrogen-bond donors (Lipinski definition) is 1. The Morgan fingerprint density at radius 1 is 1.59 bits per heavy atom. The van der Waals surface area contributed by atoms with Gasteiger partial charge in [-0.3, -0.25) is 9.78 Å². The maximum atomic E-state index is 12.0. The van der Waals surface area contributed by atoms with Crippen molar-refractivity contribution >= 4 is 5.91 Å². The van der Waals surface area contributed by atoms with Crippen LogP contribution in [-0.2, 0) is 11.3 Å². The second kappa shape index (κ2) is 5.77. The molecule has 1 aliphatic rings. The van der Waals surface area contributed by atoms with E-state index < -0.39 is 0 Å². The van der Waals surface area contributed by atoms with Crippen molar-refractivity contribution in [3.63, 3.8) is 0 Å². The lowest BCUT2D eigenvalue weighted by molar-refractivity contribution is -0.132. The summed E-state index contributed by atoms with van der Waals surface area (Å²) in [5.41, 5.74) is 1.10. The maximum Gasteiger partial charge on any atom is 0.224 e. The van der Waals surface area contributed by atoms with Crippen LogP contribution in [0, 0.1) is 0 Å². The summed E-state index contributed by atoms with van der Waals surface area (Å²) in [5.74, 6) is 0.230. The highest BCUT2D eigenvalue weighted by Gasteiger charge is 2.18. The van der Waals surface area contributed by atoms with E-state index in [1.807, 2.05) is 23.2 Å². The minimum Gasteiger partial charge on any atom is -0.338 e. The zero-order valence-corrected chi connectivity index (χ0v) is 10.2. The molecule has 0 aromatic carbocycles. The number of carbonyl (C=O) groups is 1. The minimum absolute atomic E-state index is 0.230. The first-order chi connectivity index (χ1) is 8.25. The summed E-state index contributed by atoms with van der Waals surface area (Å²) >= 11 is 0. The highest BCUT2D eigenvalue weighted by Crippen LogP contribution is 2.09. The molecule has 92 valence electrons. The molecule has 1 unspecified atom stereocenters. The molecule has 0 bridgehead atoms. The molecule has 1 saturated heterocycles. The number of rotatable bonds is 2. The van der Waals surface area contributed by atoms with E-state index in [0.717, 1.165) is 25.1 Å². The van der Waals surface area contributed by atoms with Crippen LogP contribution in [0.4, 0.5) is 0 Å². The van der Waals surface area contributed by atoms with E-state index in [4.69, 9.17) is 0 Å². The smallest absolute Gasteiger partial charge is 0.224 e. The van der Waals surface area contributed by atoms with Gasteiger partial charge in [0.05, 0.1) is 0 Å². The zero-order valence-electron chi connectivity index (χ0n) is 10.2. The van der Waals surface area contributed by atoms with Gasteiger partial charge in [0, 0.05) is 37.9 Å². The first-order valence-corrected chi connectivity index (χ1v) is 6.16. The van der Waals surface area contributed by atoms with Crippen molar-refractivity contribution in [1.29, 1.82) is 0 Å². The lowest BCUT2D eigenvalue weighted by Crippen LogP contribution is -2.41. The Balaban J connectivity index is 2.00. The molecule has 0 saturated carbocycles. The Morgan fingerprint density at radius 2 is 2.47 bits per heavy atom. The Bertz CT molecular complexity index is 366. The van der Waals surface area contributed by atoms with Crippen molar-refractivity contribution in [2.24, 2.45) is 0 Å². The molecule has 4 heteroatoms. The van der Waals surface area contributed by atoms with Crippen LogP contribution in [0.1, 0.15) is 25.3 Å². The molecule has 1 atom stereocenters. The van der Waals surface area contributed by atoms with E-state index in [-0.39, 0.29) is 11.9 Å². The van der Waals surface area contributed by atoms with E-state index in [9.17, 15) is 4.79 Å². The Morgan fingerprint density at radius 3 is 3.24 bits per heavy atom. The molecule has 4 nitrogen and oxygen atoms in total. The number of pyridine rings is 1. The molecule has 2 rings (SSSR count). The molecule has 0 aliphatic carbocycles. The number of hydrogen-bond acceptors (Lipinski definition) is 3. The van der Waals surface area contributed by atoms with Gasteiger partial charge in [0.25, 0.3) is 0 Å². The van der Waals surface area contributed by atoms with Gasteiger partial charge in [-0.1, -0.05) is 6.07 Å². The first-order valence-electron chi connectivity index (χ1n) is 6.16. The fraction of sp³-hybridized carbons (Fsp3) is 0.538. The van der Waals surface area contributed by atoms with Crippen LogP contribution in [0.15, 0.2) is 24.5 Å². The molecule has 1 aromatic heterocycles. The van der Waals surface area contributed by atoms with Crippen LogP contribution in [0.3, 0.4) is 0 Å². The van der Waals surface area contributed by atoms with E-state index in [2.05, 4.69) is 17.2 Å². The third-order valence-electron chi connectivity index (χ3n) is 3.03. The van der Waals surface area contributed by atoms with Crippen LogP contribution in [0.2, 0.25) is 0 Å². The molecule has 1 amide bonds. The molecule has 1 N–H and O–H groups in total. The van der Waals surface area contributed by atoms with Gasteiger partial charge in [-0.05, 0) is 31.5 Å². The minimum atomic E-state index is 0.230. The fourth-order valence-corrected chi connectivity index (χ4v) is 2.09. The third-order valence-corrected chi connectivity index (χ3v) is 3.03. The van der Waals surface area contributed by atoms with Crippen LogP contribution in [-0.4, -0.2) is 34.9 Å². The van der Waals surface area contributed by atoms with Crippen LogP contribution >= 0.6 is 0 Å². The van der Waals surface area contributed by atoms with Gasteiger partial charge in [0.2, 0.25) is 5.91 Å². The van der Waals surface area contributed by atoms with Crippen LogP contribution < -0.4 is 5.32 Å². The molecular formula is C13H19N3O. The maximum absolute atomic E-state index is 12.0. The number of nitrogens with zero attached hydrogens (tertiary/aromatic N) is 2. The van der Waals surface area contributed by atoms with Gasteiger partial charge >= 0.3 is 0 Å². The molecule has 0 radical (unpaired) electrons. The summed E-state index contributed by atoms with van der Waals surface area (Å²) < 4.78 is 0. The molecule has 1 aliphatic heterocycles. The van der Waals surface area contributed by atoms with E-state index in [1.165, 1.54) is 0 Å². The average molecular weight is 233 g/mol. The average Bonchev–Trinajstić information content (AvgIpc) is 2.32. The molecule has 2 heterocycles. The highest BCUT2D eigenvalue weighted by molar-refractivity contribution is 5.76. The molecule has 1 aromatic rings. The number of carbonyl (C=O) groups excluding carboxylic acids is 1. The summed E-state index contributed by atoms with van der Waals surface area (Å²) in [4.78, 5) is 18.1. The van der Waals surface area contributed by atoms with Crippen molar-refractivity contribution in [2.45, 2.75) is 32.4 Å². The van der Waals surface area contributed by atoms with Crippen molar-refractivity contribution in [3.8, 4) is 0 Å². The lowest BCUT2D eigenvalue weighted by atomic mass is 10.1. The van der Waals surface area contributed by atoms with E-state index in [1.54, 1.807) is 6.20 Å². The standard InChI is InChI=1S/C13H19N3O/c1-11-8-13(17)16(7-3-6-15-11)10-12-4-2-5-14-9-12/h2,4-5,9,11,15H,3,6-8,10H2,1H3. The Labute approximate surface area is 102 Å². The lowest BCUT2D eigenvalue weighted by Gasteiger charge is -2.27. The Hall–Kier alpha value is -1.42. The first kappa shape index (κ1) is 12.0. The van der Waals surface area contributed by atoms with Gasteiger partial charge < -0.3 is 10.2 Å².